The van der Waals surface area contributed by atoms with Gasteiger partial charge < -0.3 is 14.4 Å². The lowest BCUT2D eigenvalue weighted by Crippen LogP contribution is -2.08. The number of methoxy groups -OCH3 is 1. The number of carbonyl (C=O) groups is 1. The maximum atomic E-state index is 10.7. The van der Waals surface area contributed by atoms with Crippen molar-refractivity contribution >= 4 is 28.5 Å². The molecule has 4 nitrogen and oxygen atoms in total. The second kappa shape index (κ2) is 4.06. The molecular weight excluding hydrogens is 230 g/mol. The molecule has 0 aliphatic heterocycles. The lowest BCUT2D eigenvalue weighted by molar-refractivity contribution is -0.137. The number of aliphatic carboxylic acids is 1. The minimum atomic E-state index is -0.929. The molecule has 0 unspecified atom stereocenters. The number of aromatic nitrogens is 1. The molecule has 5 heteroatoms. The van der Waals surface area contributed by atoms with Crippen LogP contribution in [0.2, 0.25) is 5.15 Å². The first-order chi connectivity index (χ1) is 7.63. The molecule has 1 aromatic heterocycles. The molecule has 0 saturated heterocycles. The number of rotatable bonds is 3. The predicted molar refractivity (Wildman–Crippen MR) is 61.1 cm³/mol. The number of carboxylic acids is 1. The van der Waals surface area contributed by atoms with Gasteiger partial charge in [-0.2, -0.15) is 0 Å². The first-order valence-electron chi connectivity index (χ1n) is 4.67. The summed E-state index contributed by atoms with van der Waals surface area (Å²) in [5, 5.41) is 9.99. The van der Waals surface area contributed by atoms with Crippen molar-refractivity contribution in [3.8, 4) is 5.75 Å². The van der Waals surface area contributed by atoms with E-state index in [0.717, 1.165) is 10.9 Å². The SMILES string of the molecule is COc1cccc2c1cc(Cl)n2CC(=O)O. The van der Waals surface area contributed by atoms with Gasteiger partial charge in [-0.25, -0.2) is 0 Å². The van der Waals surface area contributed by atoms with Gasteiger partial charge in [0.2, 0.25) is 0 Å². The van der Waals surface area contributed by atoms with Crippen molar-refractivity contribution in [1.82, 2.24) is 4.57 Å². The lowest BCUT2D eigenvalue weighted by atomic mass is 10.2. The van der Waals surface area contributed by atoms with E-state index in [2.05, 4.69) is 0 Å². The van der Waals surface area contributed by atoms with Gasteiger partial charge >= 0.3 is 5.97 Å². The van der Waals surface area contributed by atoms with Crippen molar-refractivity contribution in [3.05, 3.63) is 29.4 Å². The van der Waals surface area contributed by atoms with Crippen LogP contribution < -0.4 is 4.74 Å². The number of benzene rings is 1. The fourth-order valence-electron chi connectivity index (χ4n) is 1.70. The zero-order chi connectivity index (χ0) is 11.7. The molecule has 0 fully saturated rings. The highest BCUT2D eigenvalue weighted by atomic mass is 35.5. The van der Waals surface area contributed by atoms with Crippen molar-refractivity contribution in [3.63, 3.8) is 0 Å². The van der Waals surface area contributed by atoms with Gasteiger partial charge in [0.25, 0.3) is 0 Å². The van der Waals surface area contributed by atoms with Crippen LogP contribution in [0.15, 0.2) is 24.3 Å². The quantitative estimate of drug-likeness (QED) is 0.895. The van der Waals surface area contributed by atoms with Crippen molar-refractivity contribution < 1.29 is 14.6 Å². The number of fused-ring (bicyclic) bond motifs is 1. The maximum absolute atomic E-state index is 10.7. The monoisotopic (exact) mass is 239 g/mol. The molecule has 0 spiro atoms. The van der Waals surface area contributed by atoms with E-state index in [1.165, 1.54) is 4.57 Å². The number of ether oxygens (including phenoxy) is 1. The molecule has 1 heterocycles. The number of carboxylic acid groups (broad SMARTS) is 1. The van der Waals surface area contributed by atoms with Gasteiger partial charge in [-0.15, -0.1) is 0 Å². The summed E-state index contributed by atoms with van der Waals surface area (Å²) >= 11 is 5.98. The predicted octanol–water partition coefficient (Wildman–Crippen LogP) is 2.39. The smallest absolute Gasteiger partial charge is 0.323 e. The van der Waals surface area contributed by atoms with Crippen molar-refractivity contribution in [2.24, 2.45) is 0 Å². The Labute approximate surface area is 97.0 Å². The van der Waals surface area contributed by atoms with E-state index in [1.807, 2.05) is 12.1 Å². The Morgan fingerprint density at radius 1 is 1.56 bits per heavy atom. The van der Waals surface area contributed by atoms with E-state index < -0.39 is 5.97 Å². The number of nitrogens with zero attached hydrogens (tertiary/aromatic N) is 1. The molecule has 0 bridgehead atoms. The fraction of sp³-hybridized carbons (Fsp3) is 0.182. The van der Waals surface area contributed by atoms with Crippen LogP contribution in [0, 0.1) is 0 Å². The molecule has 0 aliphatic carbocycles. The van der Waals surface area contributed by atoms with Crippen LogP contribution in [0.3, 0.4) is 0 Å². The normalized spacial score (nSPS) is 10.6. The Morgan fingerprint density at radius 3 is 2.94 bits per heavy atom. The molecule has 1 N–H and O–H groups in total. The van der Waals surface area contributed by atoms with E-state index in [1.54, 1.807) is 19.2 Å². The Morgan fingerprint density at radius 2 is 2.31 bits per heavy atom. The highest BCUT2D eigenvalue weighted by Gasteiger charge is 2.12. The third kappa shape index (κ3) is 1.72. The van der Waals surface area contributed by atoms with Crippen molar-refractivity contribution in [2.45, 2.75) is 6.54 Å². The average molecular weight is 240 g/mol. The van der Waals surface area contributed by atoms with Gasteiger partial charge in [-0.3, -0.25) is 4.79 Å². The minimum Gasteiger partial charge on any atom is -0.496 e. The summed E-state index contributed by atoms with van der Waals surface area (Å²) in [6.45, 7) is -0.157. The second-order valence-corrected chi connectivity index (χ2v) is 3.73. The Balaban J connectivity index is 2.66. The van der Waals surface area contributed by atoms with E-state index in [-0.39, 0.29) is 6.54 Å². The van der Waals surface area contributed by atoms with Gasteiger partial charge in [-0.1, -0.05) is 17.7 Å². The molecule has 0 amide bonds. The van der Waals surface area contributed by atoms with Crippen LogP contribution in [0.1, 0.15) is 0 Å². The topological polar surface area (TPSA) is 51.5 Å². The van der Waals surface area contributed by atoms with E-state index in [0.29, 0.717) is 10.9 Å². The third-order valence-corrected chi connectivity index (χ3v) is 2.68. The highest BCUT2D eigenvalue weighted by Crippen LogP contribution is 2.30. The molecule has 1 aromatic carbocycles. The first-order valence-corrected chi connectivity index (χ1v) is 5.05. The molecule has 84 valence electrons. The first kappa shape index (κ1) is 10.8. The largest absolute Gasteiger partial charge is 0.496 e. The summed E-state index contributed by atoms with van der Waals surface area (Å²) in [6.07, 6.45) is 0. The van der Waals surface area contributed by atoms with Gasteiger partial charge in [0, 0.05) is 5.39 Å². The molecule has 0 saturated carbocycles. The van der Waals surface area contributed by atoms with Crippen molar-refractivity contribution in [2.75, 3.05) is 7.11 Å². The van der Waals surface area contributed by atoms with Crippen LogP contribution in [-0.2, 0) is 11.3 Å². The molecular formula is C11H10ClNO3. The summed E-state index contributed by atoms with van der Waals surface area (Å²) in [5.74, 6) is -0.245. The Kier molecular flexibility index (Phi) is 2.75. The second-order valence-electron chi connectivity index (χ2n) is 3.34. The molecule has 2 aromatic rings. The maximum Gasteiger partial charge on any atom is 0.323 e. The standard InChI is InChI=1S/C11H10ClNO3/c1-16-9-4-2-3-8-7(9)5-10(12)13(8)6-11(14)15/h2-5H,6H2,1H3,(H,14,15). The number of hydrogen-bond donors (Lipinski definition) is 1. The molecule has 2 rings (SSSR count). The van der Waals surface area contributed by atoms with Crippen LogP contribution >= 0.6 is 11.6 Å². The van der Waals surface area contributed by atoms with E-state index in [4.69, 9.17) is 21.4 Å². The highest BCUT2D eigenvalue weighted by molar-refractivity contribution is 6.31. The van der Waals surface area contributed by atoms with E-state index >= 15 is 0 Å². The zero-order valence-corrected chi connectivity index (χ0v) is 9.36. The Hall–Kier alpha value is -1.68. The summed E-state index contributed by atoms with van der Waals surface area (Å²) in [5.41, 5.74) is 0.756. The average Bonchev–Trinajstić information content (AvgIpc) is 2.55. The van der Waals surface area contributed by atoms with Crippen LogP contribution in [0.4, 0.5) is 0 Å². The zero-order valence-electron chi connectivity index (χ0n) is 8.61. The number of halogens is 1. The van der Waals surface area contributed by atoms with Crippen molar-refractivity contribution in [1.29, 1.82) is 0 Å². The van der Waals surface area contributed by atoms with Gasteiger partial charge in [0.1, 0.15) is 17.4 Å². The third-order valence-electron chi connectivity index (χ3n) is 2.37. The summed E-state index contributed by atoms with van der Waals surface area (Å²) in [4.78, 5) is 10.7. The van der Waals surface area contributed by atoms with Crippen LogP contribution in [0.25, 0.3) is 10.9 Å². The minimum absolute atomic E-state index is 0.157. The van der Waals surface area contributed by atoms with Gasteiger partial charge in [0.15, 0.2) is 0 Å². The van der Waals surface area contributed by atoms with Gasteiger partial charge in [-0.05, 0) is 18.2 Å². The molecule has 0 atom stereocenters. The lowest BCUT2D eigenvalue weighted by Gasteiger charge is -2.04. The molecule has 16 heavy (non-hydrogen) atoms. The van der Waals surface area contributed by atoms with Crippen LogP contribution in [-0.4, -0.2) is 22.8 Å². The summed E-state index contributed by atoms with van der Waals surface area (Å²) in [6, 6.07) is 7.13. The summed E-state index contributed by atoms with van der Waals surface area (Å²) < 4.78 is 6.71. The van der Waals surface area contributed by atoms with E-state index in [9.17, 15) is 4.79 Å². The van der Waals surface area contributed by atoms with Gasteiger partial charge in [0.05, 0.1) is 12.6 Å². The molecule has 0 aliphatic rings. The Bertz CT molecular complexity index is 547. The summed E-state index contributed by atoms with van der Waals surface area (Å²) in [7, 11) is 1.57. The molecule has 0 radical (unpaired) electrons. The van der Waals surface area contributed by atoms with Crippen LogP contribution in [0.5, 0.6) is 5.75 Å². The number of hydrogen-bond acceptors (Lipinski definition) is 2. The fourth-order valence-corrected chi connectivity index (χ4v) is 1.96.